The molecule has 0 saturated heterocycles. The van der Waals surface area contributed by atoms with Crippen LogP contribution in [0.4, 0.5) is 0 Å². The highest BCUT2D eigenvalue weighted by molar-refractivity contribution is 5.78. The first-order chi connectivity index (χ1) is 9.34. The summed E-state index contributed by atoms with van der Waals surface area (Å²) in [7, 11) is 0. The van der Waals surface area contributed by atoms with Crippen molar-refractivity contribution in [3.63, 3.8) is 0 Å². The van der Waals surface area contributed by atoms with E-state index in [-0.39, 0.29) is 0 Å². The zero-order valence-electron chi connectivity index (χ0n) is 11.9. The SMILES string of the molecule is NC(=NCCC1=CCOCC1)NC1CCCCCC1. The van der Waals surface area contributed by atoms with Gasteiger partial charge in [0.15, 0.2) is 5.96 Å². The summed E-state index contributed by atoms with van der Waals surface area (Å²) in [6.07, 6.45) is 12.1. The molecule has 0 spiro atoms. The lowest BCUT2D eigenvalue weighted by molar-refractivity contribution is 0.153. The fourth-order valence-electron chi connectivity index (χ4n) is 2.79. The van der Waals surface area contributed by atoms with Crippen LogP contribution in [0.2, 0.25) is 0 Å². The maximum absolute atomic E-state index is 5.97. The number of ether oxygens (including phenoxy) is 1. The van der Waals surface area contributed by atoms with Gasteiger partial charge in [0, 0.05) is 12.6 Å². The van der Waals surface area contributed by atoms with Crippen molar-refractivity contribution in [2.45, 2.75) is 57.4 Å². The van der Waals surface area contributed by atoms with Crippen molar-refractivity contribution < 1.29 is 4.74 Å². The quantitative estimate of drug-likeness (QED) is 0.355. The number of hydrogen-bond donors (Lipinski definition) is 2. The van der Waals surface area contributed by atoms with E-state index in [0.717, 1.165) is 32.6 Å². The molecule has 1 fully saturated rings. The zero-order valence-corrected chi connectivity index (χ0v) is 11.9. The number of nitrogens with one attached hydrogen (secondary N) is 1. The van der Waals surface area contributed by atoms with E-state index in [4.69, 9.17) is 10.5 Å². The van der Waals surface area contributed by atoms with Gasteiger partial charge in [-0.25, -0.2) is 0 Å². The van der Waals surface area contributed by atoms with Crippen molar-refractivity contribution in [2.24, 2.45) is 10.7 Å². The number of nitrogens with zero attached hydrogens (tertiary/aromatic N) is 1. The van der Waals surface area contributed by atoms with Gasteiger partial charge in [-0.3, -0.25) is 4.99 Å². The Morgan fingerprint density at radius 1 is 1.32 bits per heavy atom. The van der Waals surface area contributed by atoms with Crippen molar-refractivity contribution in [2.75, 3.05) is 19.8 Å². The Morgan fingerprint density at radius 2 is 2.11 bits per heavy atom. The average molecular weight is 265 g/mol. The van der Waals surface area contributed by atoms with E-state index in [2.05, 4.69) is 16.4 Å². The first-order valence-corrected chi connectivity index (χ1v) is 7.67. The van der Waals surface area contributed by atoms with E-state index in [0.29, 0.717) is 12.0 Å². The van der Waals surface area contributed by atoms with Gasteiger partial charge in [-0.05, 0) is 25.7 Å². The number of rotatable bonds is 4. The summed E-state index contributed by atoms with van der Waals surface area (Å²) in [4.78, 5) is 4.44. The highest BCUT2D eigenvalue weighted by Crippen LogP contribution is 2.17. The van der Waals surface area contributed by atoms with Crippen LogP contribution >= 0.6 is 0 Å². The summed E-state index contributed by atoms with van der Waals surface area (Å²) < 4.78 is 5.29. The standard InChI is InChI=1S/C15H27N3O/c16-15(18-14-5-3-1-2-4-6-14)17-10-7-13-8-11-19-12-9-13/h8,14H,1-7,9-12H2,(H3,16,17,18). The second kappa shape index (κ2) is 8.20. The summed E-state index contributed by atoms with van der Waals surface area (Å²) >= 11 is 0. The Labute approximate surface area is 116 Å². The minimum absolute atomic E-state index is 0.536. The van der Waals surface area contributed by atoms with Gasteiger partial charge in [-0.15, -0.1) is 0 Å². The lowest BCUT2D eigenvalue weighted by Gasteiger charge is -2.17. The minimum atomic E-state index is 0.536. The number of aliphatic imine (C=N–C) groups is 1. The summed E-state index contributed by atoms with van der Waals surface area (Å²) in [5, 5.41) is 3.38. The van der Waals surface area contributed by atoms with Gasteiger partial charge in [-0.1, -0.05) is 37.3 Å². The maximum Gasteiger partial charge on any atom is 0.188 e. The van der Waals surface area contributed by atoms with Crippen molar-refractivity contribution in [3.8, 4) is 0 Å². The monoisotopic (exact) mass is 265 g/mol. The lowest BCUT2D eigenvalue weighted by Crippen LogP contribution is -2.39. The molecule has 2 rings (SSSR count). The fourth-order valence-corrected chi connectivity index (χ4v) is 2.79. The van der Waals surface area contributed by atoms with Gasteiger partial charge >= 0.3 is 0 Å². The van der Waals surface area contributed by atoms with Crippen LogP contribution in [0.5, 0.6) is 0 Å². The van der Waals surface area contributed by atoms with Crippen molar-refractivity contribution in [3.05, 3.63) is 11.6 Å². The second-order valence-corrected chi connectivity index (χ2v) is 5.54. The molecule has 108 valence electrons. The van der Waals surface area contributed by atoms with Crippen LogP contribution in [-0.4, -0.2) is 31.8 Å². The smallest absolute Gasteiger partial charge is 0.188 e. The third-order valence-electron chi connectivity index (χ3n) is 3.98. The summed E-state index contributed by atoms with van der Waals surface area (Å²) in [5.41, 5.74) is 7.42. The molecule has 1 aliphatic heterocycles. The maximum atomic E-state index is 5.97. The predicted molar refractivity (Wildman–Crippen MR) is 79.3 cm³/mol. The van der Waals surface area contributed by atoms with Crippen LogP contribution in [0.1, 0.15) is 51.4 Å². The molecular formula is C15H27N3O. The van der Waals surface area contributed by atoms with Crippen LogP contribution in [0.15, 0.2) is 16.6 Å². The van der Waals surface area contributed by atoms with Gasteiger partial charge in [0.05, 0.1) is 13.2 Å². The minimum Gasteiger partial charge on any atom is -0.377 e. The zero-order chi connectivity index (χ0) is 13.3. The van der Waals surface area contributed by atoms with E-state index in [1.54, 1.807) is 0 Å². The first kappa shape index (κ1) is 14.4. The molecule has 4 nitrogen and oxygen atoms in total. The molecule has 0 atom stereocenters. The summed E-state index contributed by atoms with van der Waals surface area (Å²) in [6, 6.07) is 0.536. The second-order valence-electron chi connectivity index (χ2n) is 5.54. The third-order valence-corrected chi connectivity index (χ3v) is 3.98. The van der Waals surface area contributed by atoms with Gasteiger partial charge in [0.1, 0.15) is 0 Å². The van der Waals surface area contributed by atoms with Gasteiger partial charge in [0.2, 0.25) is 0 Å². The van der Waals surface area contributed by atoms with Crippen LogP contribution in [0.25, 0.3) is 0 Å². The lowest BCUT2D eigenvalue weighted by atomic mass is 10.1. The van der Waals surface area contributed by atoms with Crippen molar-refractivity contribution in [1.82, 2.24) is 5.32 Å². The molecule has 0 unspecified atom stereocenters. The average Bonchev–Trinajstić information content (AvgIpc) is 2.68. The molecule has 1 heterocycles. The summed E-state index contributed by atoms with van der Waals surface area (Å²) in [5.74, 6) is 0.625. The Kier molecular flexibility index (Phi) is 6.21. The van der Waals surface area contributed by atoms with Crippen LogP contribution < -0.4 is 11.1 Å². The Bertz CT molecular complexity index is 317. The van der Waals surface area contributed by atoms with Crippen LogP contribution in [-0.2, 0) is 4.74 Å². The molecule has 0 radical (unpaired) electrons. The number of nitrogens with two attached hydrogens (primary N) is 1. The molecule has 3 N–H and O–H groups in total. The van der Waals surface area contributed by atoms with Gasteiger partial charge < -0.3 is 15.8 Å². The molecule has 2 aliphatic rings. The van der Waals surface area contributed by atoms with Gasteiger partial charge in [0.25, 0.3) is 0 Å². The molecule has 0 aromatic heterocycles. The predicted octanol–water partition coefficient (Wildman–Crippen LogP) is 2.35. The first-order valence-electron chi connectivity index (χ1n) is 7.67. The topological polar surface area (TPSA) is 59.6 Å². The van der Waals surface area contributed by atoms with E-state index in [1.165, 1.54) is 44.1 Å². The fraction of sp³-hybridized carbons (Fsp3) is 0.800. The molecule has 19 heavy (non-hydrogen) atoms. The normalized spacial score (nSPS) is 22.7. The summed E-state index contributed by atoms with van der Waals surface area (Å²) in [6.45, 7) is 2.40. The highest BCUT2D eigenvalue weighted by atomic mass is 16.5. The van der Waals surface area contributed by atoms with Crippen molar-refractivity contribution in [1.29, 1.82) is 0 Å². The molecular weight excluding hydrogens is 238 g/mol. The molecule has 0 bridgehead atoms. The Morgan fingerprint density at radius 3 is 2.79 bits per heavy atom. The Balaban J connectivity index is 1.67. The highest BCUT2D eigenvalue weighted by Gasteiger charge is 2.12. The number of guanidine groups is 1. The van der Waals surface area contributed by atoms with Crippen LogP contribution in [0.3, 0.4) is 0 Å². The molecule has 4 heteroatoms. The molecule has 0 aromatic carbocycles. The number of hydrogen-bond acceptors (Lipinski definition) is 2. The molecule has 1 aliphatic carbocycles. The van der Waals surface area contributed by atoms with E-state index in [9.17, 15) is 0 Å². The van der Waals surface area contributed by atoms with E-state index in [1.807, 2.05) is 0 Å². The van der Waals surface area contributed by atoms with E-state index < -0.39 is 0 Å². The van der Waals surface area contributed by atoms with E-state index >= 15 is 0 Å². The molecule has 1 saturated carbocycles. The third kappa shape index (κ3) is 5.64. The largest absolute Gasteiger partial charge is 0.377 e. The Hall–Kier alpha value is -1.03. The van der Waals surface area contributed by atoms with Crippen molar-refractivity contribution >= 4 is 5.96 Å². The van der Waals surface area contributed by atoms with Gasteiger partial charge in [-0.2, -0.15) is 0 Å². The molecule has 0 amide bonds. The van der Waals surface area contributed by atoms with Crippen LogP contribution in [0, 0.1) is 0 Å². The molecule has 0 aromatic rings.